The number of anilines is 1. The van der Waals surface area contributed by atoms with Crippen LogP contribution in [-0.2, 0) is 4.79 Å². The summed E-state index contributed by atoms with van der Waals surface area (Å²) in [5.74, 6) is 0.824. The van der Waals surface area contributed by atoms with E-state index in [0.29, 0.717) is 5.82 Å². The van der Waals surface area contributed by atoms with Crippen LogP contribution in [0.5, 0.6) is 0 Å². The minimum atomic E-state index is 0.0657. The number of nitrogens with one attached hydrogen (secondary N) is 1. The average Bonchev–Trinajstić information content (AvgIpc) is 3.40. The van der Waals surface area contributed by atoms with Crippen molar-refractivity contribution in [1.29, 1.82) is 0 Å². The molecule has 0 bridgehead atoms. The van der Waals surface area contributed by atoms with Crippen LogP contribution in [0.15, 0.2) is 54.4 Å². The van der Waals surface area contributed by atoms with Crippen LogP contribution >= 0.6 is 11.5 Å². The van der Waals surface area contributed by atoms with Crippen LogP contribution in [0.1, 0.15) is 24.1 Å². The summed E-state index contributed by atoms with van der Waals surface area (Å²) < 4.78 is 3.76. The lowest BCUT2D eigenvalue weighted by Crippen LogP contribution is -2.14. The van der Waals surface area contributed by atoms with Crippen LogP contribution < -0.4 is 5.32 Å². The number of hydrogen-bond acceptors (Lipinski definition) is 6. The number of aryl methyl sites for hydroxylation is 2. The summed E-state index contributed by atoms with van der Waals surface area (Å²) in [7, 11) is 0. The highest BCUT2D eigenvalue weighted by molar-refractivity contribution is 7.03. The highest BCUT2D eigenvalue weighted by Gasteiger charge is 2.29. The van der Waals surface area contributed by atoms with Gasteiger partial charge in [-0.3, -0.25) is 14.8 Å². The molecule has 1 aliphatic carbocycles. The maximum absolute atomic E-state index is 11.9. The molecule has 0 unspecified atom stereocenters. The molecule has 4 aromatic rings. The van der Waals surface area contributed by atoms with Gasteiger partial charge in [-0.15, -0.1) is 0 Å². The van der Waals surface area contributed by atoms with Crippen LogP contribution in [0.25, 0.3) is 22.0 Å². The summed E-state index contributed by atoms with van der Waals surface area (Å²) in [4.78, 5) is 25.2. The third-order valence-electron chi connectivity index (χ3n) is 4.77. The second-order valence-corrected chi connectivity index (χ2v) is 7.72. The molecule has 5 rings (SSSR count). The number of carbonyl (C=O) groups excluding carboxylic acids is 1. The SMILES string of the molecule is Cc1ccncc1-c1cc2cc(NC(=O)C3CC3)ncc2c(C)n1.c1cnsc1. The molecule has 0 aliphatic heterocycles. The first-order valence-corrected chi connectivity index (χ1v) is 10.3. The molecule has 6 nitrogen and oxygen atoms in total. The summed E-state index contributed by atoms with van der Waals surface area (Å²) in [5, 5.41) is 6.84. The zero-order valence-electron chi connectivity index (χ0n) is 16.3. The molecular formula is C22H21N5OS. The molecule has 0 atom stereocenters. The predicted octanol–water partition coefficient (Wildman–Crippen LogP) is 4.80. The highest BCUT2D eigenvalue weighted by atomic mass is 32.1. The zero-order valence-corrected chi connectivity index (χ0v) is 17.1. The molecule has 1 fully saturated rings. The van der Waals surface area contributed by atoms with Gasteiger partial charge in [0.1, 0.15) is 5.82 Å². The molecule has 1 amide bonds. The number of pyridine rings is 3. The summed E-state index contributed by atoms with van der Waals surface area (Å²) in [5.41, 5.74) is 3.95. The van der Waals surface area contributed by atoms with Crippen molar-refractivity contribution < 1.29 is 4.79 Å². The van der Waals surface area contributed by atoms with Gasteiger partial charge in [0.15, 0.2) is 0 Å². The van der Waals surface area contributed by atoms with Gasteiger partial charge in [0, 0.05) is 52.7 Å². The first-order chi connectivity index (χ1) is 14.1. The normalized spacial score (nSPS) is 12.9. The Morgan fingerprint density at radius 2 is 2.03 bits per heavy atom. The molecule has 0 saturated heterocycles. The van der Waals surface area contributed by atoms with Crippen LogP contribution in [0.3, 0.4) is 0 Å². The largest absolute Gasteiger partial charge is 0.310 e. The Labute approximate surface area is 173 Å². The van der Waals surface area contributed by atoms with Crippen molar-refractivity contribution in [2.24, 2.45) is 5.92 Å². The lowest BCUT2D eigenvalue weighted by molar-refractivity contribution is -0.117. The topological polar surface area (TPSA) is 80.7 Å². The lowest BCUT2D eigenvalue weighted by Gasteiger charge is -2.10. The Balaban J connectivity index is 0.000000359. The molecule has 1 N–H and O–H groups in total. The fourth-order valence-corrected chi connectivity index (χ4v) is 3.35. The quantitative estimate of drug-likeness (QED) is 0.531. The molecule has 0 spiro atoms. The van der Waals surface area contributed by atoms with Crippen LogP contribution in [0.4, 0.5) is 5.82 Å². The van der Waals surface area contributed by atoms with Crippen molar-refractivity contribution in [1.82, 2.24) is 19.3 Å². The molecule has 0 radical (unpaired) electrons. The minimum Gasteiger partial charge on any atom is -0.310 e. The zero-order chi connectivity index (χ0) is 20.2. The summed E-state index contributed by atoms with van der Waals surface area (Å²) in [6.45, 7) is 4.02. The Kier molecular flexibility index (Phi) is 5.57. The number of rotatable bonds is 3. The van der Waals surface area contributed by atoms with E-state index in [1.54, 1.807) is 18.6 Å². The van der Waals surface area contributed by atoms with Gasteiger partial charge in [-0.05, 0) is 73.4 Å². The molecule has 4 heterocycles. The lowest BCUT2D eigenvalue weighted by atomic mass is 10.0. The van der Waals surface area contributed by atoms with Gasteiger partial charge in [0.2, 0.25) is 5.91 Å². The molecule has 1 aliphatic rings. The second kappa shape index (κ2) is 8.45. The first-order valence-electron chi connectivity index (χ1n) is 9.45. The first kappa shape index (κ1) is 19.1. The average molecular weight is 404 g/mol. The number of carbonyl (C=O) groups is 1. The fraction of sp³-hybridized carbons (Fsp3) is 0.227. The smallest absolute Gasteiger partial charge is 0.228 e. The third kappa shape index (κ3) is 4.63. The van der Waals surface area contributed by atoms with E-state index in [4.69, 9.17) is 4.98 Å². The summed E-state index contributed by atoms with van der Waals surface area (Å²) in [6.07, 6.45) is 9.12. The molecule has 146 valence electrons. The number of hydrogen-bond donors (Lipinski definition) is 1. The van der Waals surface area contributed by atoms with Crippen molar-refractivity contribution in [2.45, 2.75) is 26.7 Å². The van der Waals surface area contributed by atoms with E-state index in [9.17, 15) is 4.79 Å². The number of aromatic nitrogens is 4. The Morgan fingerprint density at radius 3 is 2.69 bits per heavy atom. The Hall–Kier alpha value is -3.19. The van der Waals surface area contributed by atoms with E-state index in [1.165, 1.54) is 11.5 Å². The van der Waals surface area contributed by atoms with Crippen LogP contribution in [0, 0.1) is 19.8 Å². The van der Waals surface area contributed by atoms with Crippen molar-refractivity contribution >= 4 is 34.0 Å². The van der Waals surface area contributed by atoms with E-state index < -0.39 is 0 Å². The van der Waals surface area contributed by atoms with Crippen molar-refractivity contribution in [3.05, 3.63) is 65.7 Å². The van der Waals surface area contributed by atoms with Gasteiger partial charge in [0.05, 0.1) is 5.69 Å². The molecule has 4 aromatic heterocycles. The fourth-order valence-electron chi connectivity index (χ4n) is 3.00. The molecule has 0 aromatic carbocycles. The van der Waals surface area contributed by atoms with Gasteiger partial charge in [-0.25, -0.2) is 9.36 Å². The predicted molar refractivity (Wildman–Crippen MR) is 116 cm³/mol. The van der Waals surface area contributed by atoms with Gasteiger partial charge in [0.25, 0.3) is 0 Å². The molecule has 29 heavy (non-hydrogen) atoms. The molecular weight excluding hydrogens is 382 g/mol. The summed E-state index contributed by atoms with van der Waals surface area (Å²) >= 11 is 1.46. The van der Waals surface area contributed by atoms with E-state index in [-0.39, 0.29) is 11.8 Å². The minimum absolute atomic E-state index is 0.0657. The van der Waals surface area contributed by atoms with E-state index in [0.717, 1.165) is 46.1 Å². The van der Waals surface area contributed by atoms with Crippen molar-refractivity contribution in [3.8, 4) is 11.3 Å². The third-order valence-corrected chi connectivity index (χ3v) is 5.29. The Morgan fingerprint density at radius 1 is 1.17 bits per heavy atom. The van der Waals surface area contributed by atoms with Gasteiger partial charge < -0.3 is 5.32 Å². The maximum Gasteiger partial charge on any atom is 0.228 e. The van der Waals surface area contributed by atoms with Gasteiger partial charge in [-0.1, -0.05) is 0 Å². The van der Waals surface area contributed by atoms with E-state index >= 15 is 0 Å². The standard InChI is InChI=1S/C19H18N4O.C3H3NS/c1-11-5-6-20-9-15(11)17-7-14-8-18(23-19(24)13-3-4-13)21-10-16(14)12(2)22-17;1-2-4-5-3-1/h5-10,13H,3-4H2,1-2H3,(H,21,23,24);1-3H. The molecule has 1 saturated carbocycles. The number of nitrogens with zero attached hydrogens (tertiary/aromatic N) is 4. The van der Waals surface area contributed by atoms with E-state index in [2.05, 4.69) is 19.7 Å². The van der Waals surface area contributed by atoms with Crippen LogP contribution in [0.2, 0.25) is 0 Å². The highest BCUT2D eigenvalue weighted by Crippen LogP contribution is 2.31. The summed E-state index contributed by atoms with van der Waals surface area (Å²) in [6, 6.07) is 7.83. The number of amides is 1. The Bertz CT molecular complexity index is 1120. The maximum atomic E-state index is 11.9. The van der Waals surface area contributed by atoms with Crippen molar-refractivity contribution in [2.75, 3.05) is 5.32 Å². The van der Waals surface area contributed by atoms with Gasteiger partial charge in [-0.2, -0.15) is 0 Å². The number of fused-ring (bicyclic) bond motifs is 1. The van der Waals surface area contributed by atoms with Gasteiger partial charge >= 0.3 is 0 Å². The molecule has 7 heteroatoms. The van der Waals surface area contributed by atoms with Crippen LogP contribution in [-0.4, -0.2) is 25.2 Å². The monoisotopic (exact) mass is 403 g/mol. The van der Waals surface area contributed by atoms with Crippen molar-refractivity contribution in [3.63, 3.8) is 0 Å². The van der Waals surface area contributed by atoms with E-state index in [1.807, 2.05) is 49.7 Å². The second-order valence-electron chi connectivity index (χ2n) is 7.03.